The SMILES string of the molecule is CC(C)S(=O)(=O)Oc1ccc(CN(C(=O)NC(C)(C)C)C2CC2)cc1. The van der Waals surface area contributed by atoms with E-state index in [1.54, 1.807) is 38.1 Å². The van der Waals surface area contributed by atoms with E-state index >= 15 is 0 Å². The first-order valence-corrected chi connectivity index (χ1v) is 10.1. The Kier molecular flexibility index (Phi) is 5.66. The first kappa shape index (κ1) is 19.6. The van der Waals surface area contributed by atoms with Crippen molar-refractivity contribution < 1.29 is 17.4 Å². The van der Waals surface area contributed by atoms with E-state index in [1.807, 2.05) is 25.7 Å². The molecule has 1 aromatic carbocycles. The fourth-order valence-corrected chi connectivity index (χ4v) is 2.79. The lowest BCUT2D eigenvalue weighted by Crippen LogP contribution is -2.49. The summed E-state index contributed by atoms with van der Waals surface area (Å²) in [6.07, 6.45) is 2.04. The molecule has 0 heterocycles. The summed E-state index contributed by atoms with van der Waals surface area (Å²) in [4.78, 5) is 14.3. The van der Waals surface area contributed by atoms with Gasteiger partial charge in [0.2, 0.25) is 0 Å². The average Bonchev–Trinajstić information content (AvgIpc) is 3.28. The lowest BCUT2D eigenvalue weighted by Gasteiger charge is -2.28. The topological polar surface area (TPSA) is 75.7 Å². The summed E-state index contributed by atoms with van der Waals surface area (Å²) in [7, 11) is -3.60. The monoisotopic (exact) mass is 368 g/mol. The predicted octanol–water partition coefficient (Wildman–Crippen LogP) is 3.28. The highest BCUT2D eigenvalue weighted by Crippen LogP contribution is 2.29. The molecule has 0 atom stereocenters. The Morgan fingerprint density at radius 1 is 1.24 bits per heavy atom. The zero-order chi connectivity index (χ0) is 18.8. The molecule has 7 heteroatoms. The normalized spacial score (nSPS) is 15.1. The zero-order valence-corrected chi connectivity index (χ0v) is 16.4. The van der Waals surface area contributed by atoms with Crippen molar-refractivity contribution in [1.29, 1.82) is 0 Å². The highest BCUT2D eigenvalue weighted by molar-refractivity contribution is 7.87. The molecular formula is C18H28N2O4S. The first-order chi connectivity index (χ1) is 11.5. The minimum atomic E-state index is -3.60. The molecule has 6 nitrogen and oxygen atoms in total. The molecule has 2 amide bonds. The molecule has 1 fully saturated rings. The van der Waals surface area contributed by atoms with E-state index in [-0.39, 0.29) is 23.4 Å². The lowest BCUT2D eigenvalue weighted by atomic mass is 10.1. The smallest absolute Gasteiger partial charge is 0.318 e. The van der Waals surface area contributed by atoms with Crippen LogP contribution in [0.5, 0.6) is 5.75 Å². The molecule has 1 aromatic rings. The number of carbonyl (C=O) groups is 1. The van der Waals surface area contributed by atoms with Gasteiger partial charge in [0.1, 0.15) is 5.75 Å². The van der Waals surface area contributed by atoms with Crippen LogP contribution < -0.4 is 9.50 Å². The molecule has 1 saturated carbocycles. The van der Waals surface area contributed by atoms with E-state index < -0.39 is 15.4 Å². The summed E-state index contributed by atoms with van der Waals surface area (Å²) < 4.78 is 28.7. The van der Waals surface area contributed by atoms with E-state index in [9.17, 15) is 13.2 Å². The second-order valence-electron chi connectivity index (χ2n) is 7.81. The van der Waals surface area contributed by atoms with Crippen LogP contribution in [0.25, 0.3) is 0 Å². The van der Waals surface area contributed by atoms with E-state index in [1.165, 1.54) is 0 Å². The third-order valence-electron chi connectivity index (χ3n) is 3.80. The van der Waals surface area contributed by atoms with Crippen LogP contribution >= 0.6 is 0 Å². The molecule has 0 radical (unpaired) electrons. The second-order valence-corrected chi connectivity index (χ2v) is 9.90. The number of carbonyl (C=O) groups excluding carboxylic acids is 1. The van der Waals surface area contributed by atoms with Gasteiger partial charge in [-0.1, -0.05) is 12.1 Å². The Bertz CT molecular complexity index is 702. The molecular weight excluding hydrogens is 340 g/mol. The van der Waals surface area contributed by atoms with Crippen molar-refractivity contribution in [3.63, 3.8) is 0 Å². The minimum absolute atomic E-state index is 0.0716. The standard InChI is InChI=1S/C18H28N2O4S/c1-13(2)25(22,23)24-16-10-6-14(7-11-16)12-20(15-8-9-15)17(21)19-18(3,4)5/h6-7,10-11,13,15H,8-9,12H2,1-5H3,(H,19,21). The molecule has 0 unspecified atom stereocenters. The highest BCUT2D eigenvalue weighted by atomic mass is 32.2. The maximum Gasteiger partial charge on any atom is 0.318 e. The molecule has 0 saturated heterocycles. The van der Waals surface area contributed by atoms with Crippen LogP contribution in [0.1, 0.15) is 53.0 Å². The average molecular weight is 368 g/mol. The van der Waals surface area contributed by atoms with Gasteiger partial charge in [-0.15, -0.1) is 0 Å². The molecule has 1 N–H and O–H groups in total. The van der Waals surface area contributed by atoms with Crippen molar-refractivity contribution in [2.75, 3.05) is 0 Å². The Balaban J connectivity index is 2.04. The Hall–Kier alpha value is -1.76. The van der Waals surface area contributed by atoms with E-state index in [4.69, 9.17) is 4.18 Å². The minimum Gasteiger partial charge on any atom is -0.382 e. The number of rotatable bonds is 6. The number of hydrogen-bond acceptors (Lipinski definition) is 4. The summed E-state index contributed by atoms with van der Waals surface area (Å²) in [5.41, 5.74) is 0.651. The quantitative estimate of drug-likeness (QED) is 0.782. The number of benzene rings is 1. The Labute approximate surface area is 150 Å². The van der Waals surface area contributed by atoms with Crippen molar-refractivity contribution in [2.24, 2.45) is 0 Å². The number of urea groups is 1. The van der Waals surface area contributed by atoms with Crippen molar-refractivity contribution >= 4 is 16.1 Å². The number of nitrogens with one attached hydrogen (secondary N) is 1. The van der Waals surface area contributed by atoms with Gasteiger partial charge in [-0.3, -0.25) is 0 Å². The number of amides is 2. The van der Waals surface area contributed by atoms with Crippen LogP contribution in [0.3, 0.4) is 0 Å². The van der Waals surface area contributed by atoms with Crippen LogP contribution in [0.2, 0.25) is 0 Å². The van der Waals surface area contributed by atoms with Crippen LogP contribution in [0.15, 0.2) is 24.3 Å². The van der Waals surface area contributed by atoms with E-state index in [0.29, 0.717) is 6.54 Å². The van der Waals surface area contributed by atoms with Crippen molar-refractivity contribution in [1.82, 2.24) is 10.2 Å². The molecule has 1 aliphatic rings. The molecule has 0 aliphatic heterocycles. The van der Waals surface area contributed by atoms with Crippen LogP contribution in [-0.4, -0.2) is 36.2 Å². The molecule has 0 aromatic heterocycles. The zero-order valence-electron chi connectivity index (χ0n) is 15.6. The van der Waals surface area contributed by atoms with E-state index in [0.717, 1.165) is 18.4 Å². The molecule has 0 spiro atoms. The van der Waals surface area contributed by atoms with Gasteiger partial charge in [-0.25, -0.2) is 4.79 Å². The van der Waals surface area contributed by atoms with Gasteiger partial charge in [-0.05, 0) is 65.2 Å². The number of nitrogens with zero attached hydrogens (tertiary/aromatic N) is 1. The third kappa shape index (κ3) is 5.92. The third-order valence-corrected chi connectivity index (χ3v) is 5.38. The van der Waals surface area contributed by atoms with Crippen LogP contribution in [-0.2, 0) is 16.7 Å². The maximum atomic E-state index is 12.5. The van der Waals surface area contributed by atoms with Gasteiger partial charge < -0.3 is 14.4 Å². The summed E-state index contributed by atoms with van der Waals surface area (Å²) in [6.45, 7) is 9.51. The fraction of sp³-hybridized carbons (Fsp3) is 0.611. The second kappa shape index (κ2) is 7.23. The Morgan fingerprint density at radius 2 is 1.80 bits per heavy atom. The first-order valence-electron chi connectivity index (χ1n) is 8.59. The molecule has 140 valence electrons. The fourth-order valence-electron chi connectivity index (χ4n) is 2.22. The van der Waals surface area contributed by atoms with Gasteiger partial charge in [0.25, 0.3) is 0 Å². The molecule has 25 heavy (non-hydrogen) atoms. The lowest BCUT2D eigenvalue weighted by molar-refractivity contribution is 0.183. The molecule has 1 aliphatic carbocycles. The highest BCUT2D eigenvalue weighted by Gasteiger charge is 2.33. The maximum absolute atomic E-state index is 12.5. The van der Waals surface area contributed by atoms with Gasteiger partial charge >= 0.3 is 16.1 Å². The summed E-state index contributed by atoms with van der Waals surface area (Å²) >= 11 is 0. The Morgan fingerprint density at radius 3 is 2.24 bits per heavy atom. The molecule has 0 bridgehead atoms. The molecule has 2 rings (SSSR count). The van der Waals surface area contributed by atoms with E-state index in [2.05, 4.69) is 5.32 Å². The summed E-state index contributed by atoms with van der Waals surface area (Å²) in [5.74, 6) is 0.287. The largest absolute Gasteiger partial charge is 0.382 e. The van der Waals surface area contributed by atoms with Crippen LogP contribution in [0, 0.1) is 0 Å². The number of hydrogen-bond donors (Lipinski definition) is 1. The van der Waals surface area contributed by atoms with Gasteiger partial charge in [0, 0.05) is 18.1 Å². The van der Waals surface area contributed by atoms with Gasteiger partial charge in [0.05, 0.1) is 5.25 Å². The van der Waals surface area contributed by atoms with Crippen molar-refractivity contribution in [3.05, 3.63) is 29.8 Å². The summed E-state index contributed by atoms with van der Waals surface area (Å²) in [5, 5.41) is 2.40. The van der Waals surface area contributed by atoms with Gasteiger partial charge in [-0.2, -0.15) is 8.42 Å². The predicted molar refractivity (Wildman–Crippen MR) is 98.0 cm³/mol. The summed E-state index contributed by atoms with van der Waals surface area (Å²) in [6, 6.07) is 7.05. The van der Waals surface area contributed by atoms with Crippen molar-refractivity contribution in [3.8, 4) is 5.75 Å². The van der Waals surface area contributed by atoms with Crippen LogP contribution in [0.4, 0.5) is 4.79 Å². The van der Waals surface area contributed by atoms with Gasteiger partial charge in [0.15, 0.2) is 0 Å². The van der Waals surface area contributed by atoms with Crippen molar-refractivity contribution in [2.45, 2.75) is 70.8 Å².